The standard InChI is InChI=1S/C18H26N2O2/c1-3-22-17-10-14(6-7-16(17)19)18(21)20-11(2)15-9-12-4-5-13(15)8-12/h6-7,10-13,15H,3-5,8-9,19H2,1-2H3,(H,20,21). The van der Waals surface area contributed by atoms with Crippen molar-refractivity contribution in [2.24, 2.45) is 17.8 Å². The lowest BCUT2D eigenvalue weighted by Gasteiger charge is -2.28. The number of nitrogens with two attached hydrogens (primary N) is 1. The molecule has 0 radical (unpaired) electrons. The fraction of sp³-hybridized carbons (Fsp3) is 0.611. The van der Waals surface area contributed by atoms with Crippen LogP contribution in [0.15, 0.2) is 18.2 Å². The first-order valence-corrected chi connectivity index (χ1v) is 8.41. The van der Waals surface area contributed by atoms with E-state index in [0.717, 1.165) is 11.8 Å². The molecule has 4 atom stereocenters. The summed E-state index contributed by atoms with van der Waals surface area (Å²) in [6.07, 6.45) is 5.36. The Labute approximate surface area is 132 Å². The van der Waals surface area contributed by atoms with Crippen LogP contribution in [0.5, 0.6) is 5.75 Å². The molecule has 2 fully saturated rings. The van der Waals surface area contributed by atoms with Crippen molar-refractivity contribution < 1.29 is 9.53 Å². The number of rotatable bonds is 5. The van der Waals surface area contributed by atoms with Crippen LogP contribution in [0.2, 0.25) is 0 Å². The van der Waals surface area contributed by atoms with Gasteiger partial charge in [0, 0.05) is 11.6 Å². The zero-order valence-electron chi connectivity index (χ0n) is 13.5. The van der Waals surface area contributed by atoms with Crippen LogP contribution in [0.3, 0.4) is 0 Å². The van der Waals surface area contributed by atoms with Gasteiger partial charge in [0.15, 0.2) is 0 Å². The third-order valence-corrected chi connectivity index (χ3v) is 5.37. The molecule has 120 valence electrons. The van der Waals surface area contributed by atoms with E-state index in [2.05, 4.69) is 12.2 Å². The van der Waals surface area contributed by atoms with Gasteiger partial charge < -0.3 is 15.8 Å². The summed E-state index contributed by atoms with van der Waals surface area (Å²) in [6.45, 7) is 4.59. The maximum atomic E-state index is 12.5. The van der Waals surface area contributed by atoms with E-state index in [0.29, 0.717) is 29.5 Å². The van der Waals surface area contributed by atoms with E-state index < -0.39 is 0 Å². The quantitative estimate of drug-likeness (QED) is 0.821. The van der Waals surface area contributed by atoms with E-state index in [-0.39, 0.29) is 11.9 Å². The second-order valence-corrected chi connectivity index (χ2v) is 6.79. The number of fused-ring (bicyclic) bond motifs is 2. The van der Waals surface area contributed by atoms with Gasteiger partial charge in [0.25, 0.3) is 5.91 Å². The summed E-state index contributed by atoms with van der Waals surface area (Å²) >= 11 is 0. The van der Waals surface area contributed by atoms with Crippen molar-refractivity contribution in [2.75, 3.05) is 12.3 Å². The monoisotopic (exact) mass is 302 g/mol. The van der Waals surface area contributed by atoms with Crippen LogP contribution < -0.4 is 15.8 Å². The van der Waals surface area contributed by atoms with Crippen molar-refractivity contribution in [1.29, 1.82) is 0 Å². The normalized spacial score (nSPS) is 27.6. The highest BCUT2D eigenvalue weighted by Crippen LogP contribution is 2.49. The van der Waals surface area contributed by atoms with Gasteiger partial charge in [-0.25, -0.2) is 0 Å². The summed E-state index contributed by atoms with van der Waals surface area (Å²) in [6, 6.07) is 5.47. The molecule has 4 unspecified atom stereocenters. The van der Waals surface area contributed by atoms with Crippen molar-refractivity contribution in [3.05, 3.63) is 23.8 Å². The lowest BCUT2D eigenvalue weighted by atomic mass is 9.84. The molecule has 0 saturated heterocycles. The van der Waals surface area contributed by atoms with E-state index in [4.69, 9.17) is 10.5 Å². The molecule has 4 heteroatoms. The Morgan fingerprint density at radius 3 is 2.86 bits per heavy atom. The minimum absolute atomic E-state index is 0.0313. The van der Waals surface area contributed by atoms with Crippen LogP contribution in [0.25, 0.3) is 0 Å². The molecule has 2 aliphatic carbocycles. The summed E-state index contributed by atoms with van der Waals surface area (Å²) in [5.41, 5.74) is 7.05. The summed E-state index contributed by atoms with van der Waals surface area (Å²) in [5.74, 6) is 2.91. The molecule has 2 saturated carbocycles. The number of amides is 1. The zero-order chi connectivity index (χ0) is 15.7. The number of ether oxygens (including phenoxy) is 1. The third-order valence-electron chi connectivity index (χ3n) is 5.37. The second kappa shape index (κ2) is 6.19. The molecule has 0 aliphatic heterocycles. The average molecular weight is 302 g/mol. The molecule has 4 nitrogen and oxygen atoms in total. The fourth-order valence-corrected chi connectivity index (χ4v) is 4.26. The molecule has 1 aromatic rings. The molecule has 0 heterocycles. The Morgan fingerprint density at radius 1 is 1.41 bits per heavy atom. The van der Waals surface area contributed by atoms with Crippen LogP contribution in [0, 0.1) is 17.8 Å². The smallest absolute Gasteiger partial charge is 0.251 e. The number of carbonyl (C=O) groups excluding carboxylic acids is 1. The largest absolute Gasteiger partial charge is 0.492 e. The predicted molar refractivity (Wildman–Crippen MR) is 87.9 cm³/mol. The minimum atomic E-state index is -0.0313. The third kappa shape index (κ3) is 2.92. The highest BCUT2D eigenvalue weighted by atomic mass is 16.5. The van der Waals surface area contributed by atoms with E-state index >= 15 is 0 Å². The molecule has 2 aliphatic rings. The molecule has 1 amide bonds. The van der Waals surface area contributed by atoms with Crippen LogP contribution in [-0.4, -0.2) is 18.6 Å². The lowest BCUT2D eigenvalue weighted by molar-refractivity contribution is 0.0915. The molecule has 22 heavy (non-hydrogen) atoms. The molecular formula is C18H26N2O2. The number of hydrogen-bond acceptors (Lipinski definition) is 3. The summed E-state index contributed by atoms with van der Waals surface area (Å²) in [7, 11) is 0. The molecule has 3 N–H and O–H groups in total. The number of benzene rings is 1. The molecular weight excluding hydrogens is 276 g/mol. The Morgan fingerprint density at radius 2 is 2.23 bits per heavy atom. The Hall–Kier alpha value is -1.71. The van der Waals surface area contributed by atoms with Crippen LogP contribution in [0.4, 0.5) is 5.69 Å². The van der Waals surface area contributed by atoms with Gasteiger partial charge in [-0.15, -0.1) is 0 Å². The fourth-order valence-electron chi connectivity index (χ4n) is 4.26. The number of anilines is 1. The number of nitrogen functional groups attached to an aromatic ring is 1. The Balaban J connectivity index is 1.65. The number of nitrogens with one attached hydrogen (secondary N) is 1. The SMILES string of the molecule is CCOc1cc(C(=O)NC(C)C2CC3CCC2C3)ccc1N. The highest BCUT2D eigenvalue weighted by molar-refractivity contribution is 5.95. The number of hydrogen-bond donors (Lipinski definition) is 2. The van der Waals surface area contributed by atoms with Crippen molar-refractivity contribution in [3.63, 3.8) is 0 Å². The summed E-state index contributed by atoms with van der Waals surface area (Å²) in [5, 5.41) is 3.18. The minimum Gasteiger partial charge on any atom is -0.492 e. The van der Waals surface area contributed by atoms with E-state index in [1.165, 1.54) is 25.7 Å². The van der Waals surface area contributed by atoms with Gasteiger partial charge in [-0.3, -0.25) is 4.79 Å². The van der Waals surface area contributed by atoms with Crippen molar-refractivity contribution in [2.45, 2.75) is 45.6 Å². The summed E-state index contributed by atoms with van der Waals surface area (Å²) < 4.78 is 5.47. The second-order valence-electron chi connectivity index (χ2n) is 6.79. The first-order chi connectivity index (χ1) is 10.6. The molecule has 1 aromatic carbocycles. The molecule has 0 aromatic heterocycles. The lowest BCUT2D eigenvalue weighted by Crippen LogP contribution is -2.40. The van der Waals surface area contributed by atoms with Crippen molar-refractivity contribution >= 4 is 11.6 Å². The topological polar surface area (TPSA) is 64.3 Å². The maximum Gasteiger partial charge on any atom is 0.251 e. The predicted octanol–water partition coefficient (Wildman–Crippen LogP) is 3.22. The van der Waals surface area contributed by atoms with Gasteiger partial charge in [-0.2, -0.15) is 0 Å². The first kappa shape index (κ1) is 15.2. The van der Waals surface area contributed by atoms with E-state index in [9.17, 15) is 4.79 Å². The Bertz CT molecular complexity index is 558. The van der Waals surface area contributed by atoms with Gasteiger partial charge >= 0.3 is 0 Å². The summed E-state index contributed by atoms with van der Waals surface area (Å²) in [4.78, 5) is 12.5. The van der Waals surface area contributed by atoms with Crippen LogP contribution in [-0.2, 0) is 0 Å². The molecule has 0 spiro atoms. The van der Waals surface area contributed by atoms with E-state index in [1.807, 2.05) is 6.92 Å². The average Bonchev–Trinajstić information content (AvgIpc) is 3.12. The Kier molecular flexibility index (Phi) is 4.27. The zero-order valence-corrected chi connectivity index (χ0v) is 13.5. The highest BCUT2D eigenvalue weighted by Gasteiger charge is 2.42. The first-order valence-electron chi connectivity index (χ1n) is 8.41. The van der Waals surface area contributed by atoms with Gasteiger partial charge in [-0.1, -0.05) is 6.42 Å². The van der Waals surface area contributed by atoms with E-state index in [1.54, 1.807) is 18.2 Å². The van der Waals surface area contributed by atoms with Gasteiger partial charge in [0.1, 0.15) is 5.75 Å². The van der Waals surface area contributed by atoms with Crippen LogP contribution >= 0.6 is 0 Å². The maximum absolute atomic E-state index is 12.5. The molecule has 2 bridgehead atoms. The van der Waals surface area contributed by atoms with Gasteiger partial charge in [-0.05, 0) is 69.1 Å². The van der Waals surface area contributed by atoms with Gasteiger partial charge in [0.05, 0.1) is 12.3 Å². The van der Waals surface area contributed by atoms with Crippen LogP contribution in [0.1, 0.15) is 49.9 Å². The van der Waals surface area contributed by atoms with Crippen molar-refractivity contribution in [1.82, 2.24) is 5.32 Å². The van der Waals surface area contributed by atoms with Crippen molar-refractivity contribution in [3.8, 4) is 5.75 Å². The molecule has 3 rings (SSSR count). The van der Waals surface area contributed by atoms with Gasteiger partial charge in [0.2, 0.25) is 0 Å². The number of carbonyl (C=O) groups is 1.